The van der Waals surface area contributed by atoms with E-state index in [1.807, 2.05) is 26.0 Å². The summed E-state index contributed by atoms with van der Waals surface area (Å²) in [6.07, 6.45) is 4.54. The Morgan fingerprint density at radius 2 is 1.82 bits per heavy atom. The number of rotatable bonds is 7. The third kappa shape index (κ3) is 7.74. The van der Waals surface area contributed by atoms with E-state index in [0.717, 1.165) is 22.8 Å². The Kier molecular flexibility index (Phi) is 8.98. The molecule has 0 radical (unpaired) electrons. The lowest BCUT2D eigenvalue weighted by Gasteiger charge is -2.43. The molecule has 1 atom stereocenters. The van der Waals surface area contributed by atoms with Crippen molar-refractivity contribution in [2.75, 3.05) is 19.1 Å². The molecule has 33 heavy (non-hydrogen) atoms. The molecule has 0 bridgehead atoms. The molecule has 9 heteroatoms. The van der Waals surface area contributed by atoms with Crippen molar-refractivity contribution in [1.82, 2.24) is 0 Å². The molecule has 182 valence electrons. The second kappa shape index (κ2) is 10.9. The fourth-order valence-electron chi connectivity index (χ4n) is 2.69. The normalized spacial score (nSPS) is 14.9. The minimum absolute atomic E-state index is 0.0170. The van der Waals surface area contributed by atoms with Crippen LogP contribution in [0.4, 0.5) is 10.1 Å². The number of amidine groups is 2. The van der Waals surface area contributed by atoms with Gasteiger partial charge in [-0.3, -0.25) is 0 Å². The quantitative estimate of drug-likeness (QED) is 0.425. The zero-order valence-corrected chi connectivity index (χ0v) is 22.1. The average Bonchev–Trinajstić information content (AvgIpc) is 2.69. The van der Waals surface area contributed by atoms with E-state index in [-0.39, 0.29) is 27.8 Å². The smallest absolute Gasteiger partial charge is 0.150 e. The first kappa shape index (κ1) is 27.2. The van der Waals surface area contributed by atoms with Gasteiger partial charge in [0.15, 0.2) is 0 Å². The van der Waals surface area contributed by atoms with Gasteiger partial charge >= 0.3 is 0 Å². The predicted octanol–water partition coefficient (Wildman–Crippen LogP) is 4.85. The molecule has 2 aromatic carbocycles. The minimum Gasteiger partial charge on any atom is -0.385 e. The van der Waals surface area contributed by atoms with Gasteiger partial charge < -0.3 is 9.92 Å². The molecule has 0 aliphatic carbocycles. The van der Waals surface area contributed by atoms with Gasteiger partial charge in [-0.05, 0) is 55.7 Å². The first-order chi connectivity index (χ1) is 15.2. The molecule has 2 rings (SSSR count). The van der Waals surface area contributed by atoms with Crippen LogP contribution in [0.25, 0.3) is 0 Å². The van der Waals surface area contributed by atoms with Gasteiger partial charge in [0.05, 0.1) is 4.90 Å². The highest BCUT2D eigenvalue weighted by atomic mass is 32.3. The van der Waals surface area contributed by atoms with Crippen LogP contribution < -0.4 is 10.9 Å². The Morgan fingerprint density at radius 3 is 2.39 bits per heavy atom. The van der Waals surface area contributed by atoms with E-state index in [4.69, 9.17) is 15.1 Å². The largest absolute Gasteiger partial charge is 0.385 e. The molecule has 2 aromatic rings. The van der Waals surface area contributed by atoms with E-state index in [1.54, 1.807) is 0 Å². The second-order valence-electron chi connectivity index (χ2n) is 9.26. The first-order valence-corrected chi connectivity index (χ1v) is 14.1. The number of hydrogen-bond acceptors (Lipinski definition) is 3. The third-order valence-electron chi connectivity index (χ3n) is 5.50. The lowest BCUT2D eigenvalue weighted by Crippen LogP contribution is -2.29. The SMILES string of the molecule is Cc1ccc(C)c(CC(N=C(N)COS(C)(C)C(C)(C)C)=Nc2ccc(S(N)=O)cc2F)c1. The van der Waals surface area contributed by atoms with E-state index in [1.165, 1.54) is 12.1 Å². The highest BCUT2D eigenvalue weighted by Gasteiger charge is 2.29. The minimum atomic E-state index is -1.78. The van der Waals surface area contributed by atoms with Gasteiger partial charge in [0.1, 0.15) is 40.8 Å². The predicted molar refractivity (Wildman–Crippen MR) is 140 cm³/mol. The van der Waals surface area contributed by atoms with Crippen molar-refractivity contribution in [2.45, 2.75) is 50.7 Å². The van der Waals surface area contributed by atoms with Gasteiger partial charge in [-0.25, -0.2) is 23.7 Å². The van der Waals surface area contributed by atoms with Crippen molar-refractivity contribution in [3.8, 4) is 0 Å². The van der Waals surface area contributed by atoms with E-state index in [9.17, 15) is 8.60 Å². The molecule has 0 aliphatic rings. The summed E-state index contributed by atoms with van der Waals surface area (Å²) in [6.45, 7) is 10.5. The molecule has 0 heterocycles. The fraction of sp³-hybridized carbons (Fsp3) is 0.417. The maximum Gasteiger partial charge on any atom is 0.150 e. The van der Waals surface area contributed by atoms with Crippen molar-refractivity contribution in [3.05, 3.63) is 58.9 Å². The molecule has 0 saturated carbocycles. The monoisotopic (exact) mass is 494 g/mol. The summed E-state index contributed by atoms with van der Waals surface area (Å²) in [6, 6.07) is 10.2. The topological polar surface area (TPSA) is 103 Å². The zero-order chi connectivity index (χ0) is 25.0. The van der Waals surface area contributed by atoms with Gasteiger partial charge in [-0.1, -0.05) is 44.5 Å². The van der Waals surface area contributed by atoms with Gasteiger partial charge in [0, 0.05) is 11.2 Å². The summed E-state index contributed by atoms with van der Waals surface area (Å²) in [4.78, 5) is 9.13. The molecule has 0 amide bonds. The van der Waals surface area contributed by atoms with E-state index in [2.05, 4.69) is 49.3 Å². The number of aliphatic imine (C=N–C) groups is 2. The van der Waals surface area contributed by atoms with Crippen molar-refractivity contribution >= 4 is 38.7 Å². The lowest BCUT2D eigenvalue weighted by atomic mass is 10.0. The Labute approximate surface area is 200 Å². The Morgan fingerprint density at radius 1 is 1.15 bits per heavy atom. The van der Waals surface area contributed by atoms with E-state index in [0.29, 0.717) is 12.3 Å². The summed E-state index contributed by atoms with van der Waals surface area (Å²) in [5.41, 5.74) is 9.48. The molecule has 4 N–H and O–H groups in total. The van der Waals surface area contributed by atoms with Gasteiger partial charge in [-0.2, -0.15) is 0 Å². The fourth-order valence-corrected chi connectivity index (χ4v) is 3.88. The van der Waals surface area contributed by atoms with Crippen LogP contribution in [0.3, 0.4) is 0 Å². The summed E-state index contributed by atoms with van der Waals surface area (Å²) in [5.74, 6) is -0.00838. The maximum absolute atomic E-state index is 14.6. The highest BCUT2D eigenvalue weighted by molar-refractivity contribution is 8.29. The number of nitrogens with two attached hydrogens (primary N) is 2. The summed E-state index contributed by atoms with van der Waals surface area (Å²) in [5, 5.41) is 5.35. The standard InChI is InChI=1S/C24H35FN4O2S2/c1-16-8-9-17(2)18(12-16)13-23(28-21-11-10-19(32(27)30)14-20(21)25)29-22(26)15-31-33(6,7)24(3,4)5/h8-12,14H,13,15,27H2,1-7H3,(H2,26,28,29). The molecular weight excluding hydrogens is 459 g/mol. The Bertz CT molecular complexity index is 1090. The van der Waals surface area contributed by atoms with Crippen molar-refractivity contribution in [2.24, 2.45) is 20.9 Å². The number of aryl methyl sites for hydroxylation is 2. The third-order valence-corrected chi connectivity index (χ3v) is 9.88. The molecule has 1 unspecified atom stereocenters. The number of benzene rings is 2. The van der Waals surface area contributed by atoms with Gasteiger partial charge in [-0.15, -0.1) is 10.3 Å². The molecule has 0 fully saturated rings. The number of nitrogens with zero attached hydrogens (tertiary/aromatic N) is 2. The highest BCUT2D eigenvalue weighted by Crippen LogP contribution is 2.53. The number of halogens is 1. The van der Waals surface area contributed by atoms with Crippen LogP contribution in [0.15, 0.2) is 51.3 Å². The van der Waals surface area contributed by atoms with E-state index >= 15 is 0 Å². The molecule has 0 aliphatic heterocycles. The van der Waals surface area contributed by atoms with Crippen LogP contribution in [0, 0.1) is 19.7 Å². The average molecular weight is 495 g/mol. The molecular formula is C24H35FN4O2S2. The van der Waals surface area contributed by atoms with Crippen molar-refractivity contribution in [3.63, 3.8) is 0 Å². The van der Waals surface area contributed by atoms with Crippen LogP contribution in [-0.2, 0) is 21.6 Å². The maximum atomic E-state index is 14.6. The molecule has 0 saturated heterocycles. The Balaban J connectivity index is 2.42. The molecule has 0 spiro atoms. The Hall–Kier alpha value is -2.07. The van der Waals surface area contributed by atoms with Gasteiger partial charge in [0.25, 0.3) is 0 Å². The van der Waals surface area contributed by atoms with Crippen LogP contribution in [0.2, 0.25) is 0 Å². The van der Waals surface area contributed by atoms with E-state index < -0.39 is 27.1 Å². The first-order valence-electron chi connectivity index (χ1n) is 10.5. The molecule has 0 aromatic heterocycles. The second-order valence-corrected chi connectivity index (χ2v) is 14.2. The summed E-state index contributed by atoms with van der Waals surface area (Å²) < 4.78 is 32.2. The number of hydrogen-bond donors (Lipinski definition) is 2. The summed E-state index contributed by atoms with van der Waals surface area (Å²) in [7, 11) is -3.16. The van der Waals surface area contributed by atoms with Crippen molar-refractivity contribution < 1.29 is 12.8 Å². The van der Waals surface area contributed by atoms with Crippen molar-refractivity contribution in [1.29, 1.82) is 0 Å². The summed E-state index contributed by atoms with van der Waals surface area (Å²) >= 11 is 0. The van der Waals surface area contributed by atoms with Crippen LogP contribution in [0.1, 0.15) is 37.5 Å². The van der Waals surface area contributed by atoms with Crippen LogP contribution in [0.5, 0.6) is 0 Å². The molecule has 6 nitrogen and oxygen atoms in total. The lowest BCUT2D eigenvalue weighted by molar-refractivity contribution is 0.411. The van der Waals surface area contributed by atoms with Gasteiger partial charge in [0.2, 0.25) is 0 Å². The zero-order valence-electron chi connectivity index (χ0n) is 20.4. The van der Waals surface area contributed by atoms with Crippen LogP contribution >= 0.6 is 10.3 Å². The van der Waals surface area contributed by atoms with Crippen LogP contribution in [-0.4, -0.2) is 39.7 Å².